The Morgan fingerprint density at radius 3 is 1.58 bits per heavy atom. The molecule has 4 unspecified atom stereocenters. The lowest BCUT2D eigenvalue weighted by Gasteiger charge is -2.34. The second-order valence-electron chi connectivity index (χ2n) is 14.7. The molecular weight excluding hydrogens is 538 g/mol. The van der Waals surface area contributed by atoms with Crippen molar-refractivity contribution >= 4 is 17.8 Å². The Hall–Kier alpha value is -1.59. The Balaban J connectivity index is 4.68. The Morgan fingerprint density at radius 2 is 1.19 bits per heavy atom. The van der Waals surface area contributed by atoms with Crippen LogP contribution in [0.1, 0.15) is 178 Å². The van der Waals surface area contributed by atoms with E-state index in [1.54, 1.807) is 6.92 Å². The maximum absolute atomic E-state index is 13.3. The number of esters is 1. The Kier molecular flexibility index (Phi) is 22.9. The molecule has 0 aliphatic rings. The minimum atomic E-state index is -1.21. The van der Waals surface area contributed by atoms with Gasteiger partial charge in [-0.25, -0.2) is 0 Å². The summed E-state index contributed by atoms with van der Waals surface area (Å²) in [6.45, 7) is 17.7. The van der Waals surface area contributed by atoms with E-state index < -0.39 is 23.2 Å². The number of hydrogen-bond donors (Lipinski definition) is 2. The molecule has 0 spiro atoms. The van der Waals surface area contributed by atoms with Crippen molar-refractivity contribution in [2.45, 2.75) is 190 Å². The second kappa shape index (κ2) is 23.7. The lowest BCUT2D eigenvalue weighted by Crippen LogP contribution is -2.42. The van der Waals surface area contributed by atoms with E-state index in [0.717, 1.165) is 19.3 Å². The van der Waals surface area contributed by atoms with E-state index in [1.807, 2.05) is 48.5 Å². The third-order valence-corrected chi connectivity index (χ3v) is 8.83. The summed E-state index contributed by atoms with van der Waals surface area (Å²) in [4.78, 5) is 38.8. The maximum Gasteiger partial charge on any atom is 0.309 e. The van der Waals surface area contributed by atoms with Crippen LogP contribution in [-0.2, 0) is 19.1 Å². The first kappa shape index (κ1) is 41.4. The molecule has 6 heteroatoms. The van der Waals surface area contributed by atoms with Crippen molar-refractivity contribution in [1.82, 2.24) is 5.32 Å². The quantitative estimate of drug-likeness (QED) is 0.0714. The monoisotopic (exact) mass is 610 g/mol. The van der Waals surface area contributed by atoms with Crippen LogP contribution in [0.25, 0.3) is 0 Å². The van der Waals surface area contributed by atoms with Crippen molar-refractivity contribution < 1.29 is 24.2 Å². The number of nitrogens with one attached hydrogen (secondary N) is 1. The van der Waals surface area contributed by atoms with E-state index >= 15 is 0 Å². The fraction of sp³-hybridized carbons (Fsp3) is 0.919. The van der Waals surface area contributed by atoms with Crippen molar-refractivity contribution in [1.29, 1.82) is 0 Å². The van der Waals surface area contributed by atoms with Gasteiger partial charge in [-0.1, -0.05) is 118 Å². The highest BCUT2D eigenvalue weighted by atomic mass is 16.5. The molecule has 1 amide bonds. The van der Waals surface area contributed by atoms with Crippen molar-refractivity contribution in [2.75, 3.05) is 0 Å². The van der Waals surface area contributed by atoms with Gasteiger partial charge in [-0.15, -0.1) is 0 Å². The van der Waals surface area contributed by atoms with Gasteiger partial charge in [-0.3, -0.25) is 14.4 Å². The summed E-state index contributed by atoms with van der Waals surface area (Å²) in [6.07, 6.45) is 20.0. The van der Waals surface area contributed by atoms with Crippen LogP contribution in [0.4, 0.5) is 0 Å². The molecule has 43 heavy (non-hydrogen) atoms. The van der Waals surface area contributed by atoms with Gasteiger partial charge >= 0.3 is 11.9 Å². The number of ether oxygens (including phenoxy) is 1. The first-order valence-corrected chi connectivity index (χ1v) is 18.0. The van der Waals surface area contributed by atoms with Gasteiger partial charge in [0.25, 0.3) is 0 Å². The molecule has 0 saturated heterocycles. The number of carboxylic acid groups (broad SMARTS) is 1. The molecule has 0 bridgehead atoms. The Labute approximate surface area is 266 Å². The van der Waals surface area contributed by atoms with Crippen LogP contribution in [0.5, 0.6) is 0 Å². The first-order valence-electron chi connectivity index (χ1n) is 18.0. The zero-order valence-electron chi connectivity index (χ0n) is 29.8. The van der Waals surface area contributed by atoms with Crippen LogP contribution in [-0.4, -0.2) is 35.1 Å². The summed E-state index contributed by atoms with van der Waals surface area (Å²) in [6, 6.07) is -0.0159. The highest BCUT2D eigenvalue weighted by Crippen LogP contribution is 2.38. The van der Waals surface area contributed by atoms with Crippen molar-refractivity contribution in [3.8, 4) is 0 Å². The molecule has 4 atom stereocenters. The minimum absolute atomic E-state index is 0.0159. The summed E-state index contributed by atoms with van der Waals surface area (Å²) in [5.41, 5.74) is -1.21. The average Bonchev–Trinajstić information content (AvgIpc) is 2.90. The van der Waals surface area contributed by atoms with Crippen LogP contribution in [0.2, 0.25) is 0 Å². The number of hydrogen-bond acceptors (Lipinski definition) is 4. The standard InChI is InChI=1S/C37H71NO5/c1-10-11-12-13-14-15-16-17-18-19-20-21-22-23-24-31(8)43-35(40)33(29(4)5)27-37(9,36(41)42)26-32(25-28(2)3)34(39)38-30(6)7/h28-33H,10-27H2,1-9H3,(H,38,39)(H,41,42). The second-order valence-corrected chi connectivity index (χ2v) is 14.7. The number of amides is 1. The van der Waals surface area contributed by atoms with Gasteiger partial charge in [0.15, 0.2) is 0 Å². The fourth-order valence-electron chi connectivity index (χ4n) is 6.10. The number of carboxylic acids is 1. The van der Waals surface area contributed by atoms with Gasteiger partial charge in [-0.05, 0) is 71.6 Å². The Bertz CT molecular complexity index is 749. The average molecular weight is 610 g/mol. The van der Waals surface area contributed by atoms with E-state index in [2.05, 4.69) is 12.2 Å². The summed E-state index contributed by atoms with van der Waals surface area (Å²) >= 11 is 0. The molecule has 0 saturated carbocycles. The van der Waals surface area contributed by atoms with Crippen LogP contribution in [0, 0.1) is 29.1 Å². The molecule has 0 aromatic carbocycles. The molecule has 0 rings (SSSR count). The summed E-state index contributed by atoms with van der Waals surface area (Å²) in [5.74, 6) is -2.16. The molecule has 0 aliphatic heterocycles. The fourth-order valence-corrected chi connectivity index (χ4v) is 6.10. The predicted octanol–water partition coefficient (Wildman–Crippen LogP) is 10.1. The molecule has 0 aromatic rings. The minimum Gasteiger partial charge on any atom is -0.481 e. The number of unbranched alkanes of at least 4 members (excludes halogenated alkanes) is 13. The van der Waals surface area contributed by atoms with Gasteiger partial charge in [0.05, 0.1) is 17.4 Å². The molecule has 6 nitrogen and oxygen atoms in total. The van der Waals surface area contributed by atoms with Crippen LogP contribution >= 0.6 is 0 Å². The summed E-state index contributed by atoms with van der Waals surface area (Å²) in [7, 11) is 0. The SMILES string of the molecule is CCCCCCCCCCCCCCCCC(C)OC(=O)C(CC(C)(CC(CC(C)C)C(=O)NC(C)C)C(=O)O)C(C)C. The number of rotatable bonds is 27. The highest BCUT2D eigenvalue weighted by Gasteiger charge is 2.43. The molecule has 0 aromatic heterocycles. The lowest BCUT2D eigenvalue weighted by atomic mass is 9.70. The van der Waals surface area contributed by atoms with Crippen LogP contribution in [0.3, 0.4) is 0 Å². The zero-order chi connectivity index (χ0) is 32.8. The summed E-state index contributed by atoms with van der Waals surface area (Å²) < 4.78 is 5.87. The van der Waals surface area contributed by atoms with Crippen molar-refractivity contribution in [3.63, 3.8) is 0 Å². The number of carbonyl (C=O) groups is 3. The highest BCUT2D eigenvalue weighted by molar-refractivity contribution is 5.81. The van der Waals surface area contributed by atoms with E-state index in [-0.39, 0.29) is 48.7 Å². The van der Waals surface area contributed by atoms with E-state index in [9.17, 15) is 19.5 Å². The van der Waals surface area contributed by atoms with E-state index in [0.29, 0.717) is 6.42 Å². The molecule has 0 fully saturated rings. The topological polar surface area (TPSA) is 92.7 Å². The summed E-state index contributed by atoms with van der Waals surface area (Å²) in [5, 5.41) is 13.2. The van der Waals surface area contributed by atoms with E-state index in [1.165, 1.54) is 77.0 Å². The van der Waals surface area contributed by atoms with Gasteiger partial charge < -0.3 is 15.2 Å². The van der Waals surface area contributed by atoms with Gasteiger partial charge in [-0.2, -0.15) is 0 Å². The van der Waals surface area contributed by atoms with Crippen LogP contribution < -0.4 is 5.32 Å². The van der Waals surface area contributed by atoms with Crippen LogP contribution in [0.15, 0.2) is 0 Å². The molecule has 254 valence electrons. The van der Waals surface area contributed by atoms with Gasteiger partial charge in [0.1, 0.15) is 0 Å². The third kappa shape index (κ3) is 20.1. The molecular formula is C37H71NO5. The first-order chi connectivity index (χ1) is 20.2. The van der Waals surface area contributed by atoms with Gasteiger partial charge in [0.2, 0.25) is 5.91 Å². The third-order valence-electron chi connectivity index (χ3n) is 8.83. The van der Waals surface area contributed by atoms with E-state index in [4.69, 9.17) is 4.74 Å². The lowest BCUT2D eigenvalue weighted by molar-refractivity contribution is -0.160. The van der Waals surface area contributed by atoms with Gasteiger partial charge in [0, 0.05) is 12.0 Å². The van der Waals surface area contributed by atoms with Crippen molar-refractivity contribution in [2.24, 2.45) is 29.1 Å². The smallest absolute Gasteiger partial charge is 0.309 e. The largest absolute Gasteiger partial charge is 0.481 e. The molecule has 0 heterocycles. The molecule has 0 radical (unpaired) electrons. The number of carbonyl (C=O) groups excluding carboxylic acids is 2. The zero-order valence-corrected chi connectivity index (χ0v) is 29.8. The number of aliphatic carboxylic acids is 1. The maximum atomic E-state index is 13.3. The molecule has 2 N–H and O–H groups in total. The Morgan fingerprint density at radius 1 is 0.721 bits per heavy atom. The van der Waals surface area contributed by atoms with Crippen molar-refractivity contribution in [3.05, 3.63) is 0 Å². The predicted molar refractivity (Wildman–Crippen MR) is 180 cm³/mol. The normalized spacial score (nSPS) is 15.3. The molecule has 0 aliphatic carbocycles.